The van der Waals surface area contributed by atoms with E-state index in [1.165, 1.54) is 30.7 Å². The number of nitrogens with zero attached hydrogens (tertiary/aromatic N) is 3. The van der Waals surface area contributed by atoms with Gasteiger partial charge in [-0.3, -0.25) is 5.32 Å². The van der Waals surface area contributed by atoms with Crippen molar-refractivity contribution in [1.29, 1.82) is 0 Å². The van der Waals surface area contributed by atoms with E-state index in [1.54, 1.807) is 0 Å². The number of alkyl halides is 1. The van der Waals surface area contributed by atoms with Gasteiger partial charge in [0.15, 0.2) is 5.82 Å². The molecule has 0 saturated heterocycles. The van der Waals surface area contributed by atoms with Gasteiger partial charge in [-0.25, -0.2) is 4.39 Å². The highest BCUT2D eigenvalue weighted by atomic mass is 19.1. The molecule has 0 spiro atoms. The van der Waals surface area contributed by atoms with Gasteiger partial charge >= 0.3 is 0 Å². The Kier molecular flexibility index (Phi) is 4.13. The smallest absolute Gasteiger partial charge is 0.228 e. The largest absolute Gasteiger partial charge is 0.368 e. The van der Waals surface area contributed by atoms with Crippen LogP contribution >= 0.6 is 0 Å². The van der Waals surface area contributed by atoms with E-state index in [2.05, 4.69) is 57.6 Å². The Morgan fingerprint density at radius 2 is 2.04 bits per heavy atom. The van der Waals surface area contributed by atoms with Gasteiger partial charge in [-0.15, -0.1) is 0 Å². The molecule has 0 unspecified atom stereocenters. The van der Waals surface area contributed by atoms with Gasteiger partial charge in [-0.05, 0) is 44.4 Å². The molecule has 7 heteroatoms. The lowest BCUT2D eigenvalue weighted by atomic mass is 10.0. The summed E-state index contributed by atoms with van der Waals surface area (Å²) in [6, 6.07) is 6.52. The van der Waals surface area contributed by atoms with Gasteiger partial charge in [0.25, 0.3) is 0 Å². The third-order valence-electron chi connectivity index (χ3n) is 4.57. The van der Waals surface area contributed by atoms with Crippen LogP contribution in [0.3, 0.4) is 0 Å². The fraction of sp³-hybridized carbons (Fsp3) is 0.471. The van der Waals surface area contributed by atoms with Crippen molar-refractivity contribution in [2.24, 2.45) is 5.92 Å². The van der Waals surface area contributed by atoms with Gasteiger partial charge in [0.2, 0.25) is 17.7 Å². The fourth-order valence-electron chi connectivity index (χ4n) is 3.10. The SMILES string of the molecule is CN[C@@](C)(F)c1nc(N)nc(N[C@H]2c3cc(C)ccc3C[C@@H]2C)n1. The number of anilines is 2. The average molecular weight is 330 g/mol. The van der Waals surface area contributed by atoms with Crippen molar-refractivity contribution >= 4 is 11.9 Å². The summed E-state index contributed by atoms with van der Waals surface area (Å²) in [5, 5.41) is 5.85. The predicted octanol–water partition coefficient (Wildman–Crippen LogP) is 2.47. The van der Waals surface area contributed by atoms with Crippen molar-refractivity contribution in [3.05, 3.63) is 40.7 Å². The molecule has 6 nitrogen and oxygen atoms in total. The zero-order valence-corrected chi connectivity index (χ0v) is 14.4. The number of rotatable bonds is 4. The molecule has 24 heavy (non-hydrogen) atoms. The maximum absolute atomic E-state index is 14.4. The number of hydrogen-bond acceptors (Lipinski definition) is 6. The fourth-order valence-corrected chi connectivity index (χ4v) is 3.10. The van der Waals surface area contributed by atoms with Crippen LogP contribution in [0, 0.1) is 12.8 Å². The first kappa shape index (κ1) is 16.6. The van der Waals surface area contributed by atoms with E-state index in [0.717, 1.165) is 6.42 Å². The molecule has 1 aliphatic carbocycles. The number of nitrogens with one attached hydrogen (secondary N) is 2. The average Bonchev–Trinajstić information content (AvgIpc) is 2.82. The van der Waals surface area contributed by atoms with E-state index in [9.17, 15) is 4.39 Å². The summed E-state index contributed by atoms with van der Waals surface area (Å²) in [6.45, 7) is 5.59. The van der Waals surface area contributed by atoms with Crippen molar-refractivity contribution in [1.82, 2.24) is 20.3 Å². The molecule has 0 radical (unpaired) electrons. The van der Waals surface area contributed by atoms with Crippen LogP contribution in [0.25, 0.3) is 0 Å². The van der Waals surface area contributed by atoms with Crippen LogP contribution in [0.1, 0.15) is 42.4 Å². The number of fused-ring (bicyclic) bond motifs is 1. The summed E-state index contributed by atoms with van der Waals surface area (Å²) in [5.41, 5.74) is 9.50. The molecule has 3 atom stereocenters. The lowest BCUT2D eigenvalue weighted by Gasteiger charge is -2.21. The van der Waals surface area contributed by atoms with Crippen LogP contribution in [-0.2, 0) is 12.2 Å². The first-order valence-electron chi connectivity index (χ1n) is 8.06. The highest BCUT2D eigenvalue weighted by Crippen LogP contribution is 2.38. The number of nitrogen functional groups attached to an aromatic ring is 1. The second-order valence-electron chi connectivity index (χ2n) is 6.60. The Morgan fingerprint density at radius 1 is 1.29 bits per heavy atom. The van der Waals surface area contributed by atoms with E-state index in [0.29, 0.717) is 11.9 Å². The standard InChI is InChI=1S/C17H23FN6/c1-9-5-6-11-8-10(2)13(12(11)7-9)21-16-23-14(17(3,18)20-4)22-15(19)24-16/h5-7,10,13,20H,8H2,1-4H3,(H3,19,21,22,23,24)/t10-,13+,17+/m0/s1. The van der Waals surface area contributed by atoms with Crippen LogP contribution in [0.4, 0.5) is 16.3 Å². The summed E-state index contributed by atoms with van der Waals surface area (Å²) < 4.78 is 14.4. The zero-order chi connectivity index (χ0) is 17.5. The lowest BCUT2D eigenvalue weighted by Crippen LogP contribution is -2.34. The second kappa shape index (κ2) is 5.98. The minimum atomic E-state index is -1.87. The van der Waals surface area contributed by atoms with Crippen molar-refractivity contribution in [3.63, 3.8) is 0 Å². The van der Waals surface area contributed by atoms with E-state index >= 15 is 0 Å². The van der Waals surface area contributed by atoms with Crippen LogP contribution < -0.4 is 16.4 Å². The first-order valence-corrected chi connectivity index (χ1v) is 8.06. The van der Waals surface area contributed by atoms with Crippen molar-refractivity contribution in [2.75, 3.05) is 18.1 Å². The maximum Gasteiger partial charge on any atom is 0.228 e. The van der Waals surface area contributed by atoms with Crippen molar-refractivity contribution in [3.8, 4) is 0 Å². The monoisotopic (exact) mass is 330 g/mol. The Labute approximate surface area is 141 Å². The quantitative estimate of drug-likeness (QED) is 0.746. The maximum atomic E-state index is 14.4. The molecule has 0 fully saturated rings. The molecule has 3 rings (SSSR count). The number of hydrogen-bond donors (Lipinski definition) is 3. The summed E-state index contributed by atoms with van der Waals surface area (Å²) >= 11 is 0. The van der Waals surface area contributed by atoms with Crippen LogP contribution in [0.15, 0.2) is 18.2 Å². The van der Waals surface area contributed by atoms with Gasteiger partial charge in [0.1, 0.15) is 0 Å². The molecule has 0 bridgehead atoms. The molecule has 1 heterocycles. The van der Waals surface area contributed by atoms with Gasteiger partial charge < -0.3 is 11.1 Å². The Morgan fingerprint density at radius 3 is 2.75 bits per heavy atom. The molecule has 4 N–H and O–H groups in total. The van der Waals surface area contributed by atoms with Crippen LogP contribution in [0.5, 0.6) is 0 Å². The summed E-state index contributed by atoms with van der Waals surface area (Å²) in [6.07, 6.45) is 0.984. The Hall–Kier alpha value is -2.28. The van der Waals surface area contributed by atoms with Gasteiger partial charge in [-0.2, -0.15) is 15.0 Å². The molecule has 0 aliphatic heterocycles. The summed E-state index contributed by atoms with van der Waals surface area (Å²) in [4.78, 5) is 12.2. The number of nitrogens with two attached hydrogens (primary N) is 1. The summed E-state index contributed by atoms with van der Waals surface area (Å²) in [7, 11) is 1.51. The minimum absolute atomic E-state index is 0.00302. The van der Waals surface area contributed by atoms with Gasteiger partial charge in [-0.1, -0.05) is 30.7 Å². The Balaban J connectivity index is 1.94. The Bertz CT molecular complexity index is 761. The van der Waals surface area contributed by atoms with E-state index in [4.69, 9.17) is 5.73 Å². The molecular formula is C17H23FN6. The van der Waals surface area contributed by atoms with Gasteiger partial charge in [0.05, 0.1) is 6.04 Å². The molecular weight excluding hydrogens is 307 g/mol. The third-order valence-corrected chi connectivity index (χ3v) is 4.57. The molecule has 2 aromatic rings. The lowest BCUT2D eigenvalue weighted by molar-refractivity contribution is 0.139. The molecule has 1 aliphatic rings. The topological polar surface area (TPSA) is 88.8 Å². The van der Waals surface area contributed by atoms with Crippen molar-refractivity contribution < 1.29 is 4.39 Å². The van der Waals surface area contributed by atoms with Gasteiger partial charge in [0, 0.05) is 0 Å². The van der Waals surface area contributed by atoms with E-state index in [1.807, 2.05) is 0 Å². The van der Waals surface area contributed by atoms with Crippen LogP contribution in [-0.4, -0.2) is 22.0 Å². The molecule has 0 saturated carbocycles. The third kappa shape index (κ3) is 3.03. The molecule has 1 aromatic carbocycles. The van der Waals surface area contributed by atoms with Crippen LogP contribution in [0.2, 0.25) is 0 Å². The second-order valence-corrected chi connectivity index (χ2v) is 6.60. The normalized spacial score (nSPS) is 22.0. The number of aromatic nitrogens is 3. The molecule has 0 amide bonds. The predicted molar refractivity (Wildman–Crippen MR) is 92.2 cm³/mol. The number of benzene rings is 1. The van der Waals surface area contributed by atoms with E-state index < -0.39 is 5.79 Å². The zero-order valence-electron chi connectivity index (χ0n) is 14.4. The summed E-state index contributed by atoms with van der Waals surface area (Å²) in [5.74, 6) is -1.23. The number of halogens is 1. The highest BCUT2D eigenvalue weighted by Gasteiger charge is 2.32. The molecule has 128 valence electrons. The van der Waals surface area contributed by atoms with Crippen molar-refractivity contribution in [2.45, 2.75) is 39.0 Å². The minimum Gasteiger partial charge on any atom is -0.368 e. The van der Waals surface area contributed by atoms with E-state index in [-0.39, 0.29) is 17.8 Å². The first-order chi connectivity index (χ1) is 11.3. The number of aryl methyl sites for hydroxylation is 1. The molecule has 1 aromatic heterocycles. The highest BCUT2D eigenvalue weighted by molar-refractivity contribution is 5.44.